The molecule has 0 saturated carbocycles. The summed E-state index contributed by atoms with van der Waals surface area (Å²) in [5.41, 5.74) is 0.668. The van der Waals surface area contributed by atoms with Crippen molar-refractivity contribution in [2.45, 2.75) is 13.5 Å². The van der Waals surface area contributed by atoms with Gasteiger partial charge >= 0.3 is 5.97 Å². The van der Waals surface area contributed by atoms with Gasteiger partial charge in [-0.2, -0.15) is 4.98 Å². The van der Waals surface area contributed by atoms with E-state index in [1.54, 1.807) is 12.1 Å². The number of esters is 1. The number of nitrogens with zero attached hydrogens (tertiary/aromatic N) is 2. The van der Waals surface area contributed by atoms with Gasteiger partial charge in [-0.15, -0.1) is 0 Å². The lowest BCUT2D eigenvalue weighted by Crippen LogP contribution is -2.05. The minimum absolute atomic E-state index is 0.00386. The predicted octanol–water partition coefficient (Wildman–Crippen LogP) is 3.85. The van der Waals surface area contributed by atoms with Crippen LogP contribution in [-0.2, 0) is 11.3 Å². The number of halogens is 1. The zero-order valence-corrected chi connectivity index (χ0v) is 14.6. The molecule has 0 amide bonds. The molecule has 1 heterocycles. The molecule has 7 nitrogen and oxygen atoms in total. The number of ether oxygens (including phenoxy) is 2. The second-order valence-electron chi connectivity index (χ2n) is 5.18. The third-order valence-electron chi connectivity index (χ3n) is 3.40. The van der Waals surface area contributed by atoms with E-state index in [1.165, 1.54) is 18.2 Å². The van der Waals surface area contributed by atoms with Gasteiger partial charge in [-0.25, -0.2) is 4.79 Å². The first-order chi connectivity index (χ1) is 12.6. The standard InChI is InChI=1S/C18H15ClN2O5/c1-2-24-15-6-4-3-5-13(15)17-20-16(26-21-17)10-25-18(23)12-8-7-11(19)9-14(12)22/h3-9,22H,2,10H2,1H3. The molecule has 0 atom stereocenters. The second kappa shape index (κ2) is 7.88. The number of phenols is 1. The minimum atomic E-state index is -0.728. The summed E-state index contributed by atoms with van der Waals surface area (Å²) < 4.78 is 15.7. The fourth-order valence-electron chi connectivity index (χ4n) is 2.24. The summed E-state index contributed by atoms with van der Waals surface area (Å²) in [6.45, 7) is 2.15. The lowest BCUT2D eigenvalue weighted by atomic mass is 10.2. The minimum Gasteiger partial charge on any atom is -0.507 e. The van der Waals surface area contributed by atoms with E-state index >= 15 is 0 Å². The van der Waals surface area contributed by atoms with Crippen molar-refractivity contribution >= 4 is 17.6 Å². The van der Waals surface area contributed by atoms with Crippen molar-refractivity contribution in [3.8, 4) is 22.9 Å². The van der Waals surface area contributed by atoms with Crippen molar-refractivity contribution in [3.05, 3.63) is 58.9 Å². The molecule has 0 saturated heterocycles. The quantitative estimate of drug-likeness (QED) is 0.654. The Morgan fingerprint density at radius 3 is 2.85 bits per heavy atom. The maximum atomic E-state index is 12.0. The third-order valence-corrected chi connectivity index (χ3v) is 3.64. The van der Waals surface area contributed by atoms with Crippen LogP contribution < -0.4 is 4.74 Å². The van der Waals surface area contributed by atoms with Gasteiger partial charge in [-0.05, 0) is 37.3 Å². The Morgan fingerprint density at radius 2 is 2.08 bits per heavy atom. The molecular formula is C18H15ClN2O5. The van der Waals surface area contributed by atoms with Crippen LogP contribution in [0.5, 0.6) is 11.5 Å². The highest BCUT2D eigenvalue weighted by atomic mass is 35.5. The number of carbonyl (C=O) groups is 1. The van der Waals surface area contributed by atoms with E-state index in [4.69, 9.17) is 25.6 Å². The third kappa shape index (κ3) is 3.94. The Labute approximate surface area is 154 Å². The molecule has 0 radical (unpaired) electrons. The van der Waals surface area contributed by atoms with Crippen molar-refractivity contribution in [2.24, 2.45) is 0 Å². The molecule has 0 aliphatic carbocycles. The van der Waals surface area contributed by atoms with Crippen LogP contribution in [0.2, 0.25) is 5.02 Å². The Morgan fingerprint density at radius 1 is 1.27 bits per heavy atom. The molecule has 0 aliphatic rings. The Kier molecular flexibility index (Phi) is 5.38. The summed E-state index contributed by atoms with van der Waals surface area (Å²) in [6, 6.07) is 11.4. The van der Waals surface area contributed by atoms with E-state index in [1.807, 2.05) is 19.1 Å². The molecule has 26 heavy (non-hydrogen) atoms. The van der Waals surface area contributed by atoms with Crippen LogP contribution in [0.15, 0.2) is 47.0 Å². The molecule has 3 rings (SSSR count). The highest BCUT2D eigenvalue weighted by molar-refractivity contribution is 6.30. The van der Waals surface area contributed by atoms with E-state index in [-0.39, 0.29) is 23.8 Å². The normalized spacial score (nSPS) is 10.5. The molecule has 0 aliphatic heterocycles. The van der Waals surface area contributed by atoms with E-state index in [2.05, 4.69) is 10.1 Å². The average Bonchev–Trinajstić information content (AvgIpc) is 3.09. The van der Waals surface area contributed by atoms with Crippen molar-refractivity contribution in [2.75, 3.05) is 6.61 Å². The summed E-state index contributed by atoms with van der Waals surface area (Å²) in [5.74, 6) is 0.0842. The molecule has 134 valence electrons. The number of hydrogen-bond donors (Lipinski definition) is 1. The molecule has 1 aromatic heterocycles. The molecule has 1 N–H and O–H groups in total. The number of aromatic nitrogens is 2. The number of aromatic hydroxyl groups is 1. The number of para-hydroxylation sites is 1. The van der Waals surface area contributed by atoms with E-state index in [9.17, 15) is 9.90 Å². The van der Waals surface area contributed by atoms with Crippen LogP contribution in [0.4, 0.5) is 0 Å². The lowest BCUT2D eigenvalue weighted by molar-refractivity contribution is 0.0426. The first-order valence-corrected chi connectivity index (χ1v) is 8.16. The van der Waals surface area contributed by atoms with Gasteiger partial charge in [0, 0.05) is 5.02 Å². The van der Waals surface area contributed by atoms with Gasteiger partial charge < -0.3 is 19.1 Å². The average molecular weight is 375 g/mol. The zero-order valence-electron chi connectivity index (χ0n) is 13.8. The number of benzene rings is 2. The van der Waals surface area contributed by atoms with Gasteiger partial charge in [0.05, 0.1) is 12.2 Å². The Balaban J connectivity index is 1.70. The molecule has 0 fully saturated rings. The SMILES string of the molecule is CCOc1ccccc1-c1noc(COC(=O)c2ccc(Cl)cc2O)n1. The van der Waals surface area contributed by atoms with Crippen LogP contribution in [0.3, 0.4) is 0 Å². The molecule has 3 aromatic rings. The van der Waals surface area contributed by atoms with Gasteiger partial charge in [-0.3, -0.25) is 0 Å². The van der Waals surface area contributed by atoms with Crippen molar-refractivity contribution in [3.63, 3.8) is 0 Å². The first-order valence-electron chi connectivity index (χ1n) is 7.79. The number of hydrogen-bond acceptors (Lipinski definition) is 7. The molecule has 2 aromatic carbocycles. The van der Waals surface area contributed by atoms with Crippen LogP contribution >= 0.6 is 11.6 Å². The fourth-order valence-corrected chi connectivity index (χ4v) is 2.40. The monoisotopic (exact) mass is 374 g/mol. The van der Waals surface area contributed by atoms with Gasteiger partial charge in [-0.1, -0.05) is 28.9 Å². The lowest BCUT2D eigenvalue weighted by Gasteiger charge is -2.06. The van der Waals surface area contributed by atoms with Crippen LogP contribution in [0.25, 0.3) is 11.4 Å². The molecule has 0 bridgehead atoms. The summed E-state index contributed by atoms with van der Waals surface area (Å²) >= 11 is 5.74. The zero-order chi connectivity index (χ0) is 18.5. The van der Waals surface area contributed by atoms with Crippen LogP contribution in [-0.4, -0.2) is 27.8 Å². The maximum absolute atomic E-state index is 12.0. The van der Waals surface area contributed by atoms with Gasteiger partial charge in [0.25, 0.3) is 5.89 Å². The Bertz CT molecular complexity index is 925. The maximum Gasteiger partial charge on any atom is 0.342 e. The molecule has 0 spiro atoms. The topological polar surface area (TPSA) is 94.7 Å². The highest BCUT2D eigenvalue weighted by Crippen LogP contribution is 2.28. The smallest absolute Gasteiger partial charge is 0.342 e. The molecule has 8 heteroatoms. The van der Waals surface area contributed by atoms with Crippen molar-refractivity contribution < 1.29 is 23.9 Å². The van der Waals surface area contributed by atoms with Crippen LogP contribution in [0, 0.1) is 0 Å². The number of carbonyl (C=O) groups excluding carboxylic acids is 1. The molecule has 0 unspecified atom stereocenters. The number of phenolic OH excluding ortho intramolecular Hbond substituents is 1. The van der Waals surface area contributed by atoms with Gasteiger partial charge in [0.1, 0.15) is 17.1 Å². The highest BCUT2D eigenvalue weighted by Gasteiger charge is 2.17. The summed E-state index contributed by atoms with van der Waals surface area (Å²) in [7, 11) is 0. The van der Waals surface area contributed by atoms with Gasteiger partial charge in [0.15, 0.2) is 6.61 Å². The largest absolute Gasteiger partial charge is 0.507 e. The second-order valence-corrected chi connectivity index (χ2v) is 5.61. The summed E-state index contributed by atoms with van der Waals surface area (Å²) in [4.78, 5) is 16.2. The number of rotatable bonds is 6. The van der Waals surface area contributed by atoms with Crippen molar-refractivity contribution in [1.29, 1.82) is 0 Å². The summed E-state index contributed by atoms with van der Waals surface area (Å²) in [6.07, 6.45) is 0. The van der Waals surface area contributed by atoms with E-state index in [0.29, 0.717) is 28.8 Å². The van der Waals surface area contributed by atoms with Crippen molar-refractivity contribution in [1.82, 2.24) is 10.1 Å². The van der Waals surface area contributed by atoms with Crippen LogP contribution in [0.1, 0.15) is 23.2 Å². The fraction of sp³-hybridized carbons (Fsp3) is 0.167. The Hall–Kier alpha value is -3.06. The van der Waals surface area contributed by atoms with E-state index < -0.39 is 5.97 Å². The predicted molar refractivity (Wildman–Crippen MR) is 93.1 cm³/mol. The first kappa shape index (κ1) is 17.8. The summed E-state index contributed by atoms with van der Waals surface area (Å²) in [5, 5.41) is 13.9. The van der Waals surface area contributed by atoms with E-state index in [0.717, 1.165) is 0 Å². The van der Waals surface area contributed by atoms with Gasteiger partial charge in [0.2, 0.25) is 5.82 Å². The molecular weight excluding hydrogens is 360 g/mol.